The van der Waals surface area contributed by atoms with Crippen LogP contribution >= 0.6 is 0 Å². The van der Waals surface area contributed by atoms with Gasteiger partial charge in [-0.2, -0.15) is 0 Å². The first-order valence-corrected chi connectivity index (χ1v) is 5.44. The number of guanidine groups is 1. The first kappa shape index (κ1) is 13.2. The molecule has 94 valence electrons. The molecular formula is C10H19F2N3O. The normalized spacial score (nSPS) is 24.7. The van der Waals surface area contributed by atoms with Crippen molar-refractivity contribution >= 4 is 5.96 Å². The van der Waals surface area contributed by atoms with Gasteiger partial charge < -0.3 is 15.8 Å². The Morgan fingerprint density at radius 2 is 2.38 bits per heavy atom. The van der Waals surface area contributed by atoms with Crippen LogP contribution in [-0.2, 0) is 4.74 Å². The van der Waals surface area contributed by atoms with Gasteiger partial charge in [0, 0.05) is 33.0 Å². The van der Waals surface area contributed by atoms with Crippen LogP contribution in [0.25, 0.3) is 0 Å². The number of nitrogens with two attached hydrogens (primary N) is 1. The Kier molecular flexibility index (Phi) is 4.92. The van der Waals surface area contributed by atoms with E-state index < -0.39 is 5.92 Å². The molecule has 1 aliphatic carbocycles. The third-order valence-electron chi connectivity index (χ3n) is 2.64. The van der Waals surface area contributed by atoms with Gasteiger partial charge in [0.05, 0.1) is 6.61 Å². The van der Waals surface area contributed by atoms with E-state index in [1.54, 1.807) is 7.11 Å². The zero-order valence-electron chi connectivity index (χ0n) is 9.51. The van der Waals surface area contributed by atoms with E-state index in [9.17, 15) is 8.78 Å². The predicted octanol–water partition coefficient (Wildman–Crippen LogP) is 0.972. The summed E-state index contributed by atoms with van der Waals surface area (Å²) in [5.74, 6) is -2.25. The van der Waals surface area contributed by atoms with E-state index >= 15 is 0 Å². The van der Waals surface area contributed by atoms with Gasteiger partial charge in [0.1, 0.15) is 0 Å². The molecule has 0 saturated heterocycles. The Morgan fingerprint density at radius 3 is 2.94 bits per heavy atom. The molecule has 0 heterocycles. The molecule has 16 heavy (non-hydrogen) atoms. The number of rotatable bonds is 5. The lowest BCUT2D eigenvalue weighted by molar-refractivity contribution is 0.00542. The lowest BCUT2D eigenvalue weighted by Crippen LogP contribution is -2.34. The maximum atomic E-state index is 12.9. The predicted molar refractivity (Wildman–Crippen MR) is 58.7 cm³/mol. The summed E-state index contributed by atoms with van der Waals surface area (Å²) in [6.45, 7) is 1.49. The van der Waals surface area contributed by atoms with Crippen molar-refractivity contribution in [1.29, 1.82) is 0 Å². The third-order valence-corrected chi connectivity index (χ3v) is 2.64. The number of hydrogen-bond donors (Lipinski definition) is 2. The smallest absolute Gasteiger partial charge is 0.248 e. The van der Waals surface area contributed by atoms with Crippen LogP contribution in [-0.4, -0.2) is 38.7 Å². The lowest BCUT2D eigenvalue weighted by atomic mass is 10.1. The fourth-order valence-electron chi connectivity index (χ4n) is 1.76. The summed E-state index contributed by atoms with van der Waals surface area (Å²) in [6, 6.07) is 0. The summed E-state index contributed by atoms with van der Waals surface area (Å²) in [7, 11) is 1.59. The molecule has 1 unspecified atom stereocenters. The SMILES string of the molecule is COCCNC(N)=NCC1CCC(F)(F)C1. The van der Waals surface area contributed by atoms with Crippen LogP contribution < -0.4 is 11.1 Å². The highest BCUT2D eigenvalue weighted by molar-refractivity contribution is 5.77. The minimum absolute atomic E-state index is 0.0236. The van der Waals surface area contributed by atoms with E-state index in [1.165, 1.54) is 0 Å². The molecule has 0 aliphatic heterocycles. The molecule has 0 aromatic heterocycles. The zero-order chi connectivity index (χ0) is 12.0. The summed E-state index contributed by atoms with van der Waals surface area (Å²) in [5.41, 5.74) is 5.56. The van der Waals surface area contributed by atoms with Crippen LogP contribution in [0.1, 0.15) is 19.3 Å². The average molecular weight is 235 g/mol. The van der Waals surface area contributed by atoms with Gasteiger partial charge in [-0.15, -0.1) is 0 Å². The largest absolute Gasteiger partial charge is 0.383 e. The maximum Gasteiger partial charge on any atom is 0.248 e. The third kappa shape index (κ3) is 4.74. The van der Waals surface area contributed by atoms with Crippen molar-refractivity contribution in [1.82, 2.24) is 5.32 Å². The Morgan fingerprint density at radius 1 is 1.62 bits per heavy atom. The van der Waals surface area contributed by atoms with Crippen molar-refractivity contribution in [3.63, 3.8) is 0 Å². The molecule has 3 N–H and O–H groups in total. The topological polar surface area (TPSA) is 59.6 Å². The van der Waals surface area contributed by atoms with Crippen molar-refractivity contribution in [3.05, 3.63) is 0 Å². The van der Waals surface area contributed by atoms with Crippen LogP contribution in [0.15, 0.2) is 4.99 Å². The lowest BCUT2D eigenvalue weighted by Gasteiger charge is -2.09. The summed E-state index contributed by atoms with van der Waals surface area (Å²) < 4.78 is 30.5. The number of methoxy groups -OCH3 is 1. The molecule has 0 amide bonds. The quantitative estimate of drug-likeness (QED) is 0.424. The zero-order valence-corrected chi connectivity index (χ0v) is 9.51. The number of ether oxygens (including phenoxy) is 1. The molecule has 0 aromatic carbocycles. The molecule has 1 saturated carbocycles. The van der Waals surface area contributed by atoms with Gasteiger partial charge in [-0.1, -0.05) is 0 Å². The fourth-order valence-corrected chi connectivity index (χ4v) is 1.76. The number of hydrogen-bond acceptors (Lipinski definition) is 2. The maximum absolute atomic E-state index is 12.9. The molecule has 0 aromatic rings. The van der Waals surface area contributed by atoms with Gasteiger partial charge in [-0.25, -0.2) is 8.78 Å². The second kappa shape index (κ2) is 5.98. The van der Waals surface area contributed by atoms with Gasteiger partial charge >= 0.3 is 0 Å². The standard InChI is InChI=1S/C10H19F2N3O/c1-16-5-4-14-9(13)15-7-8-2-3-10(11,12)6-8/h8H,2-7H2,1H3,(H3,13,14,15). The summed E-state index contributed by atoms with van der Waals surface area (Å²) >= 11 is 0. The number of nitrogens with zero attached hydrogens (tertiary/aromatic N) is 1. The van der Waals surface area contributed by atoms with E-state index in [0.29, 0.717) is 32.1 Å². The summed E-state index contributed by atoms with van der Waals surface area (Å²) in [5, 5.41) is 2.84. The highest BCUT2D eigenvalue weighted by atomic mass is 19.3. The van der Waals surface area contributed by atoms with Gasteiger partial charge in [-0.3, -0.25) is 4.99 Å². The second-order valence-corrected chi connectivity index (χ2v) is 4.11. The van der Waals surface area contributed by atoms with Crippen LogP contribution in [0.4, 0.5) is 8.78 Å². The molecule has 1 fully saturated rings. The van der Waals surface area contributed by atoms with Crippen molar-refractivity contribution in [2.24, 2.45) is 16.6 Å². The van der Waals surface area contributed by atoms with E-state index in [-0.39, 0.29) is 18.8 Å². The van der Waals surface area contributed by atoms with Crippen LogP contribution in [0.5, 0.6) is 0 Å². The number of alkyl halides is 2. The molecule has 0 bridgehead atoms. The highest BCUT2D eigenvalue weighted by Crippen LogP contribution is 2.38. The van der Waals surface area contributed by atoms with E-state index in [4.69, 9.17) is 10.5 Å². The van der Waals surface area contributed by atoms with E-state index in [0.717, 1.165) is 0 Å². The average Bonchev–Trinajstić information content (AvgIpc) is 2.56. The molecule has 0 radical (unpaired) electrons. The van der Waals surface area contributed by atoms with Crippen LogP contribution in [0.3, 0.4) is 0 Å². The van der Waals surface area contributed by atoms with Gasteiger partial charge in [-0.05, 0) is 12.3 Å². The second-order valence-electron chi connectivity index (χ2n) is 4.11. The minimum Gasteiger partial charge on any atom is -0.383 e. The Balaban J connectivity index is 2.20. The Hall–Kier alpha value is -0.910. The molecule has 1 rings (SSSR count). The monoisotopic (exact) mass is 235 g/mol. The number of aliphatic imine (C=N–C) groups is 1. The van der Waals surface area contributed by atoms with Crippen molar-refractivity contribution < 1.29 is 13.5 Å². The van der Waals surface area contributed by atoms with Crippen molar-refractivity contribution in [3.8, 4) is 0 Å². The number of nitrogens with one attached hydrogen (secondary N) is 1. The summed E-state index contributed by atoms with van der Waals surface area (Å²) in [6.07, 6.45) is 0.438. The highest BCUT2D eigenvalue weighted by Gasteiger charge is 2.39. The first-order valence-electron chi connectivity index (χ1n) is 5.44. The molecule has 1 atom stereocenters. The molecule has 0 spiro atoms. The molecule has 4 nitrogen and oxygen atoms in total. The van der Waals surface area contributed by atoms with Gasteiger partial charge in [0.15, 0.2) is 5.96 Å². The Labute approximate surface area is 94.2 Å². The number of halogens is 2. The fraction of sp³-hybridized carbons (Fsp3) is 0.900. The van der Waals surface area contributed by atoms with Crippen molar-refractivity contribution in [2.45, 2.75) is 25.2 Å². The van der Waals surface area contributed by atoms with Crippen LogP contribution in [0.2, 0.25) is 0 Å². The molecule has 6 heteroatoms. The Bertz CT molecular complexity index is 246. The van der Waals surface area contributed by atoms with Gasteiger partial charge in [0.25, 0.3) is 0 Å². The first-order chi connectivity index (χ1) is 7.53. The minimum atomic E-state index is -2.50. The van der Waals surface area contributed by atoms with Crippen LogP contribution in [0, 0.1) is 5.92 Å². The van der Waals surface area contributed by atoms with E-state index in [2.05, 4.69) is 10.3 Å². The molecular weight excluding hydrogens is 216 g/mol. The van der Waals surface area contributed by atoms with Gasteiger partial charge in [0.2, 0.25) is 5.92 Å². The van der Waals surface area contributed by atoms with E-state index in [1.807, 2.05) is 0 Å². The molecule has 1 aliphatic rings. The summed E-state index contributed by atoms with van der Waals surface area (Å²) in [4.78, 5) is 4.04. The van der Waals surface area contributed by atoms with Crippen molar-refractivity contribution in [2.75, 3.05) is 26.8 Å².